The van der Waals surface area contributed by atoms with Gasteiger partial charge in [-0.05, 0) is 35.9 Å². The van der Waals surface area contributed by atoms with Gasteiger partial charge in [-0.1, -0.05) is 29.5 Å². The standard InChI is InChI=1S/C22H16F2N2O5S/c1-29-17-10-13(6-8-16(17)31-21(23)24)7-9-20(28)30-12-14-11-19(27)26-15-4-2-3-5-18(15)32-22(26)25-14/h2-11,21H,12H2,1H3/b9-7+. The summed E-state index contributed by atoms with van der Waals surface area (Å²) in [6, 6.07) is 13.0. The first-order valence-electron chi connectivity index (χ1n) is 9.32. The minimum absolute atomic E-state index is 0.0992. The van der Waals surface area contributed by atoms with Crippen LogP contribution in [-0.4, -0.2) is 29.1 Å². The fraction of sp³-hybridized carbons (Fsp3) is 0.136. The number of methoxy groups -OCH3 is 1. The van der Waals surface area contributed by atoms with Crippen LogP contribution in [0.2, 0.25) is 0 Å². The molecule has 0 aliphatic heterocycles. The van der Waals surface area contributed by atoms with Crippen molar-refractivity contribution in [3.63, 3.8) is 0 Å². The molecule has 0 unspecified atom stereocenters. The van der Waals surface area contributed by atoms with E-state index in [1.165, 1.54) is 59.3 Å². The molecule has 0 saturated heterocycles. The fourth-order valence-corrected chi connectivity index (χ4v) is 4.09. The first-order chi connectivity index (χ1) is 15.4. The third-order valence-corrected chi connectivity index (χ3v) is 5.45. The molecule has 0 saturated carbocycles. The molecule has 0 aliphatic rings. The quantitative estimate of drug-likeness (QED) is 0.304. The molecular formula is C22H16F2N2O5S. The zero-order chi connectivity index (χ0) is 22.7. The maximum Gasteiger partial charge on any atom is 0.387 e. The third kappa shape index (κ3) is 4.59. The number of aromatic nitrogens is 2. The molecule has 0 atom stereocenters. The van der Waals surface area contributed by atoms with Gasteiger partial charge in [-0.3, -0.25) is 9.20 Å². The molecule has 0 radical (unpaired) electrons. The molecule has 2 aromatic heterocycles. The van der Waals surface area contributed by atoms with E-state index in [1.807, 2.05) is 24.3 Å². The van der Waals surface area contributed by atoms with Crippen molar-refractivity contribution >= 4 is 38.6 Å². The SMILES string of the molecule is COc1cc(/C=C/C(=O)OCc2cc(=O)n3c(n2)sc2ccccc23)ccc1OC(F)F. The topological polar surface area (TPSA) is 79.1 Å². The lowest BCUT2D eigenvalue weighted by Gasteiger charge is -2.10. The molecule has 4 rings (SSSR count). The Hall–Kier alpha value is -3.79. The monoisotopic (exact) mass is 458 g/mol. The Kier molecular flexibility index (Phi) is 6.13. The third-order valence-electron chi connectivity index (χ3n) is 4.43. The average Bonchev–Trinajstić information content (AvgIpc) is 3.15. The second-order valence-corrected chi connectivity index (χ2v) is 7.51. The summed E-state index contributed by atoms with van der Waals surface area (Å²) in [6.45, 7) is -3.15. The highest BCUT2D eigenvalue weighted by molar-refractivity contribution is 7.23. The van der Waals surface area contributed by atoms with E-state index < -0.39 is 12.6 Å². The maximum atomic E-state index is 12.5. The van der Waals surface area contributed by atoms with Crippen molar-refractivity contribution in [3.05, 3.63) is 76.2 Å². The van der Waals surface area contributed by atoms with Crippen LogP contribution in [0.1, 0.15) is 11.3 Å². The van der Waals surface area contributed by atoms with Crippen LogP contribution in [-0.2, 0) is 16.1 Å². The van der Waals surface area contributed by atoms with Crippen molar-refractivity contribution in [3.8, 4) is 11.5 Å². The van der Waals surface area contributed by atoms with E-state index in [9.17, 15) is 18.4 Å². The van der Waals surface area contributed by atoms with Gasteiger partial charge in [-0.15, -0.1) is 0 Å². The van der Waals surface area contributed by atoms with Crippen LogP contribution < -0.4 is 15.0 Å². The predicted octanol–water partition coefficient (Wildman–Crippen LogP) is 4.28. The Balaban J connectivity index is 1.45. The van der Waals surface area contributed by atoms with Gasteiger partial charge in [0.15, 0.2) is 16.5 Å². The highest BCUT2D eigenvalue weighted by Crippen LogP contribution is 2.30. The average molecular weight is 458 g/mol. The largest absolute Gasteiger partial charge is 0.493 e. The number of para-hydroxylation sites is 1. The molecule has 2 aromatic carbocycles. The number of esters is 1. The molecule has 7 nitrogen and oxygen atoms in total. The van der Waals surface area contributed by atoms with E-state index in [1.54, 1.807) is 0 Å². The summed E-state index contributed by atoms with van der Waals surface area (Å²) in [6.07, 6.45) is 2.61. The number of ether oxygens (including phenoxy) is 3. The minimum atomic E-state index is -2.98. The number of hydrogen-bond acceptors (Lipinski definition) is 7. The molecule has 0 amide bonds. The van der Waals surface area contributed by atoms with Crippen LogP contribution in [0, 0.1) is 0 Å². The van der Waals surface area contributed by atoms with Crippen molar-refractivity contribution in [1.82, 2.24) is 9.38 Å². The molecule has 4 aromatic rings. The fourth-order valence-electron chi connectivity index (χ4n) is 3.04. The number of hydrogen-bond donors (Lipinski definition) is 0. The van der Waals surface area contributed by atoms with Crippen LogP contribution in [0.5, 0.6) is 11.5 Å². The number of halogens is 2. The van der Waals surface area contributed by atoms with Crippen LogP contribution in [0.3, 0.4) is 0 Å². The first kappa shape index (κ1) is 21.4. The number of thiazole rings is 1. The Morgan fingerprint density at radius 2 is 2.00 bits per heavy atom. The van der Waals surface area contributed by atoms with E-state index >= 15 is 0 Å². The Morgan fingerprint density at radius 3 is 2.78 bits per heavy atom. The van der Waals surface area contributed by atoms with Crippen LogP contribution in [0.15, 0.2) is 59.4 Å². The lowest BCUT2D eigenvalue weighted by Crippen LogP contribution is -2.14. The predicted molar refractivity (Wildman–Crippen MR) is 115 cm³/mol. The number of carbonyl (C=O) groups is 1. The Bertz CT molecular complexity index is 1380. The minimum Gasteiger partial charge on any atom is -0.493 e. The van der Waals surface area contributed by atoms with Crippen molar-refractivity contribution < 1.29 is 27.8 Å². The molecule has 32 heavy (non-hydrogen) atoms. The normalized spacial score (nSPS) is 11.5. The smallest absolute Gasteiger partial charge is 0.387 e. The van der Waals surface area contributed by atoms with Crippen molar-refractivity contribution in [2.24, 2.45) is 0 Å². The van der Waals surface area contributed by atoms with Gasteiger partial charge < -0.3 is 14.2 Å². The van der Waals surface area contributed by atoms with Gasteiger partial charge in [0, 0.05) is 12.1 Å². The van der Waals surface area contributed by atoms with Gasteiger partial charge in [0.05, 0.1) is 23.0 Å². The molecule has 164 valence electrons. The van der Waals surface area contributed by atoms with E-state index in [2.05, 4.69) is 9.72 Å². The van der Waals surface area contributed by atoms with Crippen molar-refractivity contribution in [2.75, 3.05) is 7.11 Å². The number of carbonyl (C=O) groups excluding carboxylic acids is 1. The Morgan fingerprint density at radius 1 is 1.19 bits per heavy atom. The molecule has 0 aliphatic carbocycles. The van der Waals surface area contributed by atoms with Gasteiger partial charge in [-0.25, -0.2) is 9.78 Å². The van der Waals surface area contributed by atoms with Crippen molar-refractivity contribution in [2.45, 2.75) is 13.2 Å². The van der Waals surface area contributed by atoms with Crippen molar-refractivity contribution in [1.29, 1.82) is 0 Å². The summed E-state index contributed by atoms with van der Waals surface area (Å²) >= 11 is 1.37. The summed E-state index contributed by atoms with van der Waals surface area (Å²) in [5, 5.41) is 0. The van der Waals surface area contributed by atoms with Crippen LogP contribution in [0.4, 0.5) is 8.78 Å². The van der Waals surface area contributed by atoms with Gasteiger partial charge in [0.2, 0.25) is 0 Å². The van der Waals surface area contributed by atoms with Crippen LogP contribution in [0.25, 0.3) is 21.3 Å². The van der Waals surface area contributed by atoms with E-state index in [-0.39, 0.29) is 23.7 Å². The summed E-state index contributed by atoms with van der Waals surface area (Å²) in [5.74, 6) is -0.673. The molecule has 0 fully saturated rings. The van der Waals surface area contributed by atoms with Gasteiger partial charge >= 0.3 is 12.6 Å². The summed E-state index contributed by atoms with van der Waals surface area (Å²) in [5.41, 5.74) is 1.37. The summed E-state index contributed by atoms with van der Waals surface area (Å²) in [7, 11) is 1.32. The Labute approximate surface area is 184 Å². The van der Waals surface area contributed by atoms with Gasteiger partial charge in [0.1, 0.15) is 6.61 Å². The number of rotatable bonds is 7. The highest BCUT2D eigenvalue weighted by Gasteiger charge is 2.12. The second kappa shape index (κ2) is 9.15. The van der Waals surface area contributed by atoms with Gasteiger partial charge in [0.25, 0.3) is 5.56 Å². The second-order valence-electron chi connectivity index (χ2n) is 6.50. The molecule has 0 spiro atoms. The maximum absolute atomic E-state index is 12.5. The number of nitrogens with zero attached hydrogens (tertiary/aromatic N) is 2. The lowest BCUT2D eigenvalue weighted by atomic mass is 10.2. The molecule has 10 heteroatoms. The zero-order valence-corrected chi connectivity index (χ0v) is 17.5. The number of alkyl halides is 2. The highest BCUT2D eigenvalue weighted by atomic mass is 32.1. The first-order valence-corrected chi connectivity index (χ1v) is 10.1. The summed E-state index contributed by atoms with van der Waals surface area (Å²) in [4.78, 5) is 29.5. The summed E-state index contributed by atoms with van der Waals surface area (Å²) < 4.78 is 41.8. The van der Waals surface area contributed by atoms with E-state index in [0.717, 1.165) is 10.2 Å². The molecule has 2 heterocycles. The molecule has 0 bridgehead atoms. The molecule has 0 N–H and O–H groups in total. The van der Waals surface area contributed by atoms with E-state index in [4.69, 9.17) is 9.47 Å². The van der Waals surface area contributed by atoms with E-state index in [0.29, 0.717) is 16.2 Å². The number of benzene rings is 2. The lowest BCUT2D eigenvalue weighted by molar-refractivity contribution is -0.139. The number of fused-ring (bicyclic) bond motifs is 3. The zero-order valence-electron chi connectivity index (χ0n) is 16.7. The molecular weight excluding hydrogens is 442 g/mol. The van der Waals surface area contributed by atoms with Crippen LogP contribution >= 0.6 is 11.3 Å². The van der Waals surface area contributed by atoms with Gasteiger partial charge in [-0.2, -0.15) is 8.78 Å².